The molecule has 0 spiro atoms. The Bertz CT molecular complexity index is 1130. The van der Waals surface area contributed by atoms with Gasteiger partial charge in [-0.25, -0.2) is 0 Å². The predicted molar refractivity (Wildman–Crippen MR) is 114 cm³/mol. The average Bonchev–Trinajstić information content (AvgIpc) is 2.75. The third-order valence-corrected chi connectivity index (χ3v) is 6.05. The summed E-state index contributed by atoms with van der Waals surface area (Å²) >= 11 is -0.516. The molecular weight excluding hydrogens is 451 g/mol. The first kappa shape index (κ1) is 21.6. The van der Waals surface area contributed by atoms with Crippen molar-refractivity contribution in [2.45, 2.75) is 13.8 Å². The van der Waals surface area contributed by atoms with E-state index in [1.165, 1.54) is 17.7 Å². The fourth-order valence-electron chi connectivity index (χ4n) is 2.71. The van der Waals surface area contributed by atoms with Crippen molar-refractivity contribution in [3.63, 3.8) is 0 Å². The van der Waals surface area contributed by atoms with E-state index in [9.17, 15) is 9.59 Å². The molecule has 0 radical (unpaired) electrons. The molecule has 1 aromatic heterocycles. The quantitative estimate of drug-likeness (QED) is 0.390. The Labute approximate surface area is 179 Å². The number of nitrogens with zero attached hydrogens (tertiary/aromatic N) is 2. The molecule has 0 saturated carbocycles. The number of hydrogen-bond acceptors (Lipinski definition) is 6. The normalized spacial score (nSPS) is 11.2. The topological polar surface area (TPSA) is 79.1 Å². The summed E-state index contributed by atoms with van der Waals surface area (Å²) in [5, 5.41) is 0. The molecule has 0 aliphatic rings. The zero-order valence-electron chi connectivity index (χ0n) is 17.0. The summed E-state index contributed by atoms with van der Waals surface area (Å²) in [6.07, 6.45) is 0. The second-order valence-corrected chi connectivity index (χ2v) is 8.14. The van der Waals surface area contributed by atoms with Crippen molar-refractivity contribution in [3.8, 4) is 17.2 Å². The van der Waals surface area contributed by atoms with Crippen LogP contribution in [0.2, 0.25) is 0 Å². The van der Waals surface area contributed by atoms with Crippen molar-refractivity contribution in [2.75, 3.05) is 20.3 Å². The van der Waals surface area contributed by atoms with E-state index in [0.29, 0.717) is 39.1 Å². The number of carbonyl (C=O) groups excluding carboxylic acids is 1. The summed E-state index contributed by atoms with van der Waals surface area (Å²) in [5.74, 6) is 0.936. The van der Waals surface area contributed by atoms with Gasteiger partial charge < -0.3 is 0 Å². The first-order chi connectivity index (χ1) is 14.5. The van der Waals surface area contributed by atoms with Crippen molar-refractivity contribution >= 4 is 26.2 Å². The molecule has 0 fully saturated rings. The molecule has 0 N–H and O–H groups in total. The van der Waals surface area contributed by atoms with Gasteiger partial charge in [0.1, 0.15) is 0 Å². The molecule has 0 bridgehead atoms. The van der Waals surface area contributed by atoms with Gasteiger partial charge in [-0.15, -0.1) is 0 Å². The van der Waals surface area contributed by atoms with E-state index in [1.807, 2.05) is 38.1 Å². The third-order valence-electron chi connectivity index (χ3n) is 4.03. The van der Waals surface area contributed by atoms with Crippen LogP contribution in [0.1, 0.15) is 23.1 Å². The molecule has 0 aliphatic carbocycles. The number of esters is 1. The van der Waals surface area contributed by atoms with Gasteiger partial charge in [0.25, 0.3) is 0 Å². The van der Waals surface area contributed by atoms with Crippen LogP contribution in [0.4, 0.5) is 5.69 Å². The first-order valence-electron chi connectivity index (χ1n) is 9.42. The monoisotopic (exact) mass is 474 g/mol. The molecule has 0 saturated heterocycles. The van der Waals surface area contributed by atoms with Crippen LogP contribution in [0.5, 0.6) is 11.5 Å². The first-order valence-corrected chi connectivity index (χ1v) is 11.1. The maximum atomic E-state index is 12.9. The Morgan fingerprint density at radius 1 is 0.967 bits per heavy atom. The number of ether oxygens (including phenoxy) is 3. The van der Waals surface area contributed by atoms with Crippen molar-refractivity contribution in [2.24, 2.45) is 4.99 Å². The summed E-state index contributed by atoms with van der Waals surface area (Å²) in [4.78, 5) is 29.6. The Morgan fingerprint density at radius 2 is 1.53 bits per heavy atom. The van der Waals surface area contributed by atoms with Crippen LogP contribution in [0.15, 0.2) is 64.4 Å². The summed E-state index contributed by atoms with van der Waals surface area (Å²) in [6.45, 7) is 4.95. The minimum atomic E-state index is -0.519. The number of benzene rings is 2. The van der Waals surface area contributed by atoms with Gasteiger partial charge in [-0.1, -0.05) is 0 Å². The molecule has 8 heteroatoms. The van der Waals surface area contributed by atoms with Crippen LogP contribution in [0.3, 0.4) is 0 Å². The summed E-state index contributed by atoms with van der Waals surface area (Å²) in [7, 11) is 1.30. The molecule has 0 aliphatic heterocycles. The maximum absolute atomic E-state index is 12.9. The molecule has 0 atom stereocenters. The number of rotatable bonds is 7. The molecule has 3 aromatic rings. The van der Waals surface area contributed by atoms with Crippen LogP contribution in [-0.4, -0.2) is 45.4 Å². The molecule has 0 unspecified atom stereocenters. The van der Waals surface area contributed by atoms with E-state index in [2.05, 4.69) is 4.99 Å². The van der Waals surface area contributed by atoms with Gasteiger partial charge in [-0.05, 0) is 0 Å². The van der Waals surface area contributed by atoms with E-state index in [1.54, 1.807) is 24.3 Å². The van der Waals surface area contributed by atoms with Gasteiger partial charge in [0.15, 0.2) is 0 Å². The van der Waals surface area contributed by atoms with Crippen LogP contribution < -0.4 is 19.4 Å². The van der Waals surface area contributed by atoms with Gasteiger partial charge in [0.05, 0.1) is 0 Å². The standard InChI is InChI=1S/C22H22N2O5Se/c1-4-28-17-10-6-15(7-11-17)23-22-24(16-8-12-18(13-9-16)29-5-2)20(25)14-19(30-22)21(26)27-3/h6-14H,4-5H2,1-3H3. The van der Waals surface area contributed by atoms with Crippen LogP contribution >= 0.6 is 0 Å². The summed E-state index contributed by atoms with van der Waals surface area (Å²) in [5.41, 5.74) is 0.956. The Kier molecular flexibility index (Phi) is 7.27. The summed E-state index contributed by atoms with van der Waals surface area (Å²) in [6, 6.07) is 15.8. The van der Waals surface area contributed by atoms with Crippen LogP contribution in [0, 0.1) is 0 Å². The Hall–Kier alpha value is -3.09. The number of carbonyl (C=O) groups is 1. The average molecular weight is 473 g/mol. The molecule has 0 amide bonds. The van der Waals surface area contributed by atoms with Crippen molar-refractivity contribution in [1.82, 2.24) is 4.57 Å². The fourth-order valence-corrected chi connectivity index (χ4v) is 4.72. The van der Waals surface area contributed by atoms with Crippen LogP contribution in [-0.2, 0) is 4.74 Å². The Balaban J connectivity index is 2.16. The van der Waals surface area contributed by atoms with Crippen LogP contribution in [0.25, 0.3) is 5.69 Å². The van der Waals surface area contributed by atoms with Gasteiger partial charge in [0.2, 0.25) is 0 Å². The van der Waals surface area contributed by atoms with E-state index in [-0.39, 0.29) is 5.56 Å². The predicted octanol–water partition coefficient (Wildman–Crippen LogP) is 2.71. The number of methoxy groups -OCH3 is 1. The Morgan fingerprint density at radius 3 is 2.07 bits per heavy atom. The fraction of sp³-hybridized carbons (Fsp3) is 0.227. The molecule has 1 heterocycles. The summed E-state index contributed by atoms with van der Waals surface area (Å²) < 4.78 is 18.1. The second-order valence-electron chi connectivity index (χ2n) is 6.02. The number of aromatic nitrogens is 1. The zero-order chi connectivity index (χ0) is 21.5. The molecule has 30 heavy (non-hydrogen) atoms. The van der Waals surface area contributed by atoms with E-state index in [0.717, 1.165) is 5.75 Å². The van der Waals surface area contributed by atoms with Crippen molar-refractivity contribution in [3.05, 3.63) is 73.8 Å². The number of hydrogen-bond donors (Lipinski definition) is 0. The second kappa shape index (κ2) is 10.1. The van der Waals surface area contributed by atoms with Crippen molar-refractivity contribution in [1.29, 1.82) is 0 Å². The van der Waals surface area contributed by atoms with E-state index < -0.39 is 20.5 Å². The van der Waals surface area contributed by atoms with Gasteiger partial charge in [-0.2, -0.15) is 0 Å². The zero-order valence-corrected chi connectivity index (χ0v) is 18.7. The molecule has 156 valence electrons. The molecular formula is C22H22N2O5Se. The molecule has 2 aromatic carbocycles. The van der Waals surface area contributed by atoms with E-state index >= 15 is 0 Å². The third kappa shape index (κ3) is 5.09. The molecule has 7 nitrogen and oxygen atoms in total. The SMILES string of the molecule is CCOc1ccc(N=c2[se]c(C(=O)OC)cc(=O)n2-c2ccc(OCC)cc2)cc1. The van der Waals surface area contributed by atoms with Crippen molar-refractivity contribution < 1.29 is 19.0 Å². The molecule has 3 rings (SSSR count). The van der Waals surface area contributed by atoms with Gasteiger partial charge in [-0.3, -0.25) is 0 Å². The minimum absolute atomic E-state index is 0.321. The van der Waals surface area contributed by atoms with E-state index in [4.69, 9.17) is 14.2 Å². The van der Waals surface area contributed by atoms with Gasteiger partial charge >= 0.3 is 180 Å². The van der Waals surface area contributed by atoms with Gasteiger partial charge in [0, 0.05) is 0 Å².